The van der Waals surface area contributed by atoms with E-state index in [4.69, 9.17) is 4.74 Å². The lowest BCUT2D eigenvalue weighted by Gasteiger charge is -2.29. The number of rotatable bonds is 11. The lowest BCUT2D eigenvalue weighted by atomic mass is 9.77. The van der Waals surface area contributed by atoms with E-state index in [0.717, 1.165) is 31.1 Å². The summed E-state index contributed by atoms with van der Waals surface area (Å²) in [5.41, 5.74) is 0. The van der Waals surface area contributed by atoms with Gasteiger partial charge in [-0.25, -0.2) is 0 Å². The Labute approximate surface area is 162 Å². The summed E-state index contributed by atoms with van der Waals surface area (Å²) in [6.45, 7) is 4.62. The third kappa shape index (κ3) is 8.91. The number of unbranched alkanes of at least 4 members (excludes halogenated alkanes) is 2. The van der Waals surface area contributed by atoms with Crippen molar-refractivity contribution in [2.45, 2.75) is 129 Å². The van der Waals surface area contributed by atoms with Gasteiger partial charge in [0.1, 0.15) is 6.10 Å². The predicted molar refractivity (Wildman–Crippen MR) is 110 cm³/mol. The van der Waals surface area contributed by atoms with E-state index in [1.807, 2.05) is 0 Å². The number of esters is 1. The third-order valence-electron chi connectivity index (χ3n) is 6.94. The lowest BCUT2D eigenvalue weighted by Crippen LogP contribution is -2.21. The van der Waals surface area contributed by atoms with Crippen molar-refractivity contribution in [3.8, 4) is 0 Å². The van der Waals surface area contributed by atoms with Crippen molar-refractivity contribution in [1.29, 1.82) is 0 Å². The average molecular weight is 365 g/mol. The van der Waals surface area contributed by atoms with Crippen molar-refractivity contribution in [3.05, 3.63) is 0 Å². The van der Waals surface area contributed by atoms with Crippen molar-refractivity contribution in [2.75, 3.05) is 0 Å². The minimum Gasteiger partial charge on any atom is -0.462 e. The second-order valence-electron chi connectivity index (χ2n) is 9.35. The molecule has 1 atom stereocenters. The van der Waals surface area contributed by atoms with Crippen LogP contribution in [-0.4, -0.2) is 12.1 Å². The maximum atomic E-state index is 12.0. The van der Waals surface area contributed by atoms with Gasteiger partial charge in [0.2, 0.25) is 0 Å². The first-order chi connectivity index (χ1) is 12.7. The molecule has 2 saturated carbocycles. The number of hydrogen-bond acceptors (Lipinski definition) is 2. The van der Waals surface area contributed by atoms with Gasteiger partial charge in [-0.1, -0.05) is 84.5 Å². The Hall–Kier alpha value is -0.530. The van der Waals surface area contributed by atoms with Gasteiger partial charge in [0, 0.05) is 6.42 Å². The fraction of sp³-hybridized carbons (Fsp3) is 0.958. The maximum Gasteiger partial charge on any atom is 0.306 e. The van der Waals surface area contributed by atoms with Crippen LogP contribution in [0.25, 0.3) is 0 Å². The summed E-state index contributed by atoms with van der Waals surface area (Å²) < 4.78 is 5.65. The smallest absolute Gasteiger partial charge is 0.306 e. The highest BCUT2D eigenvalue weighted by Crippen LogP contribution is 2.35. The first-order valence-electron chi connectivity index (χ1n) is 11.9. The molecule has 2 nitrogen and oxygen atoms in total. The Morgan fingerprint density at radius 1 is 0.885 bits per heavy atom. The molecule has 1 unspecified atom stereocenters. The molecule has 2 fully saturated rings. The molecule has 2 rings (SSSR count). The third-order valence-corrected chi connectivity index (χ3v) is 6.94. The van der Waals surface area contributed by atoms with Gasteiger partial charge in [0.15, 0.2) is 0 Å². The number of hydrogen-bond donors (Lipinski definition) is 0. The molecule has 152 valence electrons. The molecule has 2 heteroatoms. The van der Waals surface area contributed by atoms with E-state index in [0.29, 0.717) is 12.3 Å². The second-order valence-corrected chi connectivity index (χ2v) is 9.35. The molecule has 0 amide bonds. The van der Waals surface area contributed by atoms with Crippen LogP contribution in [0.4, 0.5) is 0 Å². The van der Waals surface area contributed by atoms with Crippen LogP contribution in [0.15, 0.2) is 0 Å². The maximum absolute atomic E-state index is 12.0. The molecule has 2 aliphatic carbocycles. The minimum absolute atomic E-state index is 0.0522. The van der Waals surface area contributed by atoms with Gasteiger partial charge in [0.25, 0.3) is 0 Å². The molecule has 0 bridgehead atoms. The van der Waals surface area contributed by atoms with Crippen LogP contribution in [-0.2, 0) is 9.53 Å². The highest BCUT2D eigenvalue weighted by Gasteiger charge is 2.22. The van der Waals surface area contributed by atoms with Gasteiger partial charge in [-0.2, -0.15) is 0 Å². The molecule has 26 heavy (non-hydrogen) atoms. The topological polar surface area (TPSA) is 26.3 Å². The molecule has 0 radical (unpaired) electrons. The van der Waals surface area contributed by atoms with E-state index in [1.165, 1.54) is 83.5 Å². The zero-order valence-corrected chi connectivity index (χ0v) is 17.6. The fourth-order valence-corrected chi connectivity index (χ4v) is 4.95. The molecule has 0 aliphatic heterocycles. The van der Waals surface area contributed by atoms with E-state index >= 15 is 0 Å². The monoisotopic (exact) mass is 364 g/mol. The summed E-state index contributed by atoms with van der Waals surface area (Å²) in [4.78, 5) is 12.0. The second kappa shape index (κ2) is 12.8. The van der Waals surface area contributed by atoms with Crippen molar-refractivity contribution in [3.63, 3.8) is 0 Å². The summed E-state index contributed by atoms with van der Waals surface area (Å²) >= 11 is 0. The van der Waals surface area contributed by atoms with E-state index in [9.17, 15) is 4.79 Å². The van der Waals surface area contributed by atoms with Crippen LogP contribution < -0.4 is 0 Å². The van der Waals surface area contributed by atoms with Gasteiger partial charge in [-0.3, -0.25) is 4.79 Å². The van der Waals surface area contributed by atoms with Crippen LogP contribution in [0.2, 0.25) is 0 Å². The lowest BCUT2D eigenvalue weighted by molar-refractivity contribution is -0.150. The molecule has 0 aromatic carbocycles. The molecule has 0 N–H and O–H groups in total. The largest absolute Gasteiger partial charge is 0.462 e. The summed E-state index contributed by atoms with van der Waals surface area (Å²) in [5.74, 6) is 2.69. The first-order valence-corrected chi connectivity index (χ1v) is 11.9. The van der Waals surface area contributed by atoms with Gasteiger partial charge < -0.3 is 4.74 Å². The molecule has 0 aromatic rings. The Morgan fingerprint density at radius 2 is 1.54 bits per heavy atom. The zero-order chi connectivity index (χ0) is 18.6. The fourth-order valence-electron chi connectivity index (χ4n) is 4.95. The van der Waals surface area contributed by atoms with Gasteiger partial charge in [-0.15, -0.1) is 0 Å². The molecule has 2 aliphatic rings. The summed E-state index contributed by atoms with van der Waals surface area (Å²) in [5, 5.41) is 0. The Kier molecular flexibility index (Phi) is 10.7. The van der Waals surface area contributed by atoms with E-state index in [2.05, 4.69) is 13.8 Å². The molecule has 0 saturated heterocycles. The number of ether oxygens (including phenoxy) is 1. The van der Waals surface area contributed by atoms with E-state index in [1.54, 1.807) is 0 Å². The Morgan fingerprint density at radius 3 is 2.19 bits per heavy atom. The Bertz CT molecular complexity index is 364. The van der Waals surface area contributed by atoms with Crippen LogP contribution >= 0.6 is 0 Å². The summed E-state index contributed by atoms with van der Waals surface area (Å²) in [6.07, 6.45) is 22.0. The Balaban J connectivity index is 1.49. The minimum atomic E-state index is 0.0522. The SMILES string of the molecule is CCCCC[C@H]1CC[C@H](CCC(C)CCC(=O)OC2CCCCC2)CC1. The molecule has 0 heterocycles. The van der Waals surface area contributed by atoms with Gasteiger partial charge in [-0.05, 0) is 49.9 Å². The van der Waals surface area contributed by atoms with Crippen LogP contribution in [0.5, 0.6) is 0 Å². The number of carbonyl (C=O) groups excluding carboxylic acids is 1. The normalized spacial score (nSPS) is 25.8. The van der Waals surface area contributed by atoms with Gasteiger partial charge >= 0.3 is 5.97 Å². The molecular weight excluding hydrogens is 320 g/mol. The average Bonchev–Trinajstić information content (AvgIpc) is 2.67. The highest BCUT2D eigenvalue weighted by atomic mass is 16.5. The first kappa shape index (κ1) is 21.8. The van der Waals surface area contributed by atoms with Crippen LogP contribution in [0.1, 0.15) is 123 Å². The van der Waals surface area contributed by atoms with Crippen molar-refractivity contribution in [1.82, 2.24) is 0 Å². The van der Waals surface area contributed by atoms with Crippen molar-refractivity contribution < 1.29 is 9.53 Å². The van der Waals surface area contributed by atoms with Crippen LogP contribution in [0.3, 0.4) is 0 Å². The van der Waals surface area contributed by atoms with Crippen molar-refractivity contribution >= 4 is 5.97 Å². The highest BCUT2D eigenvalue weighted by molar-refractivity contribution is 5.69. The summed E-state index contributed by atoms with van der Waals surface area (Å²) in [6, 6.07) is 0. The van der Waals surface area contributed by atoms with E-state index < -0.39 is 0 Å². The predicted octanol–water partition coefficient (Wildman–Crippen LogP) is 7.45. The molecular formula is C24H44O2. The standard InChI is InChI=1S/C24H44O2/c1-3-4-6-9-21-15-17-22(18-16-21)14-12-20(2)13-19-24(25)26-23-10-7-5-8-11-23/h20-23H,3-19H2,1-2H3/t20?,21-,22-. The molecule has 0 aromatic heterocycles. The van der Waals surface area contributed by atoms with E-state index in [-0.39, 0.29) is 12.1 Å². The summed E-state index contributed by atoms with van der Waals surface area (Å²) in [7, 11) is 0. The molecule has 0 spiro atoms. The van der Waals surface area contributed by atoms with Crippen LogP contribution in [0, 0.1) is 17.8 Å². The van der Waals surface area contributed by atoms with Gasteiger partial charge in [0.05, 0.1) is 0 Å². The quantitative estimate of drug-likeness (QED) is 0.281. The van der Waals surface area contributed by atoms with Crippen molar-refractivity contribution in [2.24, 2.45) is 17.8 Å². The number of carbonyl (C=O) groups is 1. The zero-order valence-electron chi connectivity index (χ0n) is 17.6.